The molecule has 0 aliphatic heterocycles. The van der Waals surface area contributed by atoms with Crippen LogP contribution in [-0.4, -0.2) is 18.6 Å². The maximum Gasteiger partial charge on any atom is 0.106 e. The summed E-state index contributed by atoms with van der Waals surface area (Å²) in [6.07, 6.45) is 0. The van der Waals surface area contributed by atoms with Gasteiger partial charge in [0.05, 0.1) is 5.71 Å². The predicted octanol–water partition coefficient (Wildman–Crippen LogP) is 5.14. The molecule has 0 heterocycles. The van der Waals surface area contributed by atoms with E-state index in [0.29, 0.717) is 10.8 Å². The minimum Gasteiger partial charge on any atom is -0.399 e. The number of nitrogens with zero attached hydrogens (tertiary/aromatic N) is 1. The van der Waals surface area contributed by atoms with Gasteiger partial charge in [-0.05, 0) is 30.3 Å². The Bertz CT molecular complexity index is 599. The first-order chi connectivity index (χ1) is 9.69. The lowest BCUT2D eigenvalue weighted by molar-refractivity contribution is 0.213. The fourth-order valence-electron chi connectivity index (χ4n) is 1.62. The number of hydrogen-bond donors (Lipinski definition) is 0. The average molecular weight is 326 g/mol. The Hall–Kier alpha value is -1.16. The van der Waals surface area contributed by atoms with Crippen molar-refractivity contribution in [2.24, 2.45) is 5.16 Å². The molecule has 104 valence electrons. The van der Waals surface area contributed by atoms with Gasteiger partial charge in [-0.2, -0.15) is 0 Å². The number of oxime groups is 1. The van der Waals surface area contributed by atoms with E-state index in [1.807, 2.05) is 48.5 Å². The molecule has 0 atom stereocenters. The van der Waals surface area contributed by atoms with E-state index in [1.54, 1.807) is 18.9 Å². The smallest absolute Gasteiger partial charge is 0.106 e. The van der Waals surface area contributed by atoms with Crippen LogP contribution >= 0.6 is 35.0 Å². The first-order valence-electron chi connectivity index (χ1n) is 5.93. The second kappa shape index (κ2) is 7.58. The van der Waals surface area contributed by atoms with Gasteiger partial charge in [-0.25, -0.2) is 0 Å². The van der Waals surface area contributed by atoms with Crippen molar-refractivity contribution in [1.29, 1.82) is 0 Å². The number of hydrogen-bond acceptors (Lipinski definition) is 3. The minimum atomic E-state index is 0.690. The summed E-state index contributed by atoms with van der Waals surface area (Å²) in [7, 11) is 1.54. The Morgan fingerprint density at radius 1 is 1.10 bits per heavy atom. The van der Waals surface area contributed by atoms with Crippen LogP contribution in [0.1, 0.15) is 5.56 Å². The molecule has 0 fully saturated rings. The fraction of sp³-hybridized carbons (Fsp3) is 0.133. The zero-order chi connectivity index (χ0) is 14.4. The Labute approximate surface area is 132 Å². The number of halogens is 2. The molecule has 0 unspecified atom stereocenters. The summed E-state index contributed by atoms with van der Waals surface area (Å²) in [5, 5.41) is 5.51. The van der Waals surface area contributed by atoms with E-state index in [9.17, 15) is 0 Å². The van der Waals surface area contributed by atoms with Crippen LogP contribution in [0, 0.1) is 0 Å². The van der Waals surface area contributed by atoms with Gasteiger partial charge in [0.1, 0.15) is 7.11 Å². The van der Waals surface area contributed by atoms with Gasteiger partial charge < -0.3 is 4.84 Å². The lowest BCUT2D eigenvalue weighted by Crippen LogP contribution is -2.05. The minimum absolute atomic E-state index is 0.690. The van der Waals surface area contributed by atoms with E-state index in [-0.39, 0.29) is 0 Å². The molecule has 0 saturated heterocycles. The molecule has 20 heavy (non-hydrogen) atoms. The summed E-state index contributed by atoms with van der Waals surface area (Å²) in [6, 6.07) is 15.3. The van der Waals surface area contributed by atoms with Crippen LogP contribution in [0.3, 0.4) is 0 Å². The zero-order valence-electron chi connectivity index (χ0n) is 10.8. The molecule has 0 amide bonds. The third-order valence-electron chi connectivity index (χ3n) is 2.55. The Balaban J connectivity index is 2.10. The zero-order valence-corrected chi connectivity index (χ0v) is 13.2. The van der Waals surface area contributed by atoms with Gasteiger partial charge >= 0.3 is 0 Å². The van der Waals surface area contributed by atoms with Gasteiger partial charge in [-0.1, -0.05) is 46.6 Å². The summed E-state index contributed by atoms with van der Waals surface area (Å²) in [5.41, 5.74) is 1.85. The van der Waals surface area contributed by atoms with Gasteiger partial charge in [0.15, 0.2) is 0 Å². The van der Waals surface area contributed by atoms with Crippen LogP contribution in [-0.2, 0) is 4.84 Å². The summed E-state index contributed by atoms with van der Waals surface area (Å²) in [6.45, 7) is 0. The predicted molar refractivity (Wildman–Crippen MR) is 87.2 cm³/mol. The molecule has 0 aliphatic rings. The van der Waals surface area contributed by atoms with Crippen molar-refractivity contribution in [3.63, 3.8) is 0 Å². The molecule has 0 radical (unpaired) electrons. The first-order valence-corrected chi connectivity index (χ1v) is 7.67. The molecule has 2 rings (SSSR count). The van der Waals surface area contributed by atoms with E-state index in [1.165, 1.54) is 0 Å². The molecule has 2 nitrogen and oxygen atoms in total. The van der Waals surface area contributed by atoms with Crippen LogP contribution in [0.5, 0.6) is 0 Å². The molecule has 0 spiro atoms. The summed E-state index contributed by atoms with van der Waals surface area (Å²) < 4.78 is 0. The van der Waals surface area contributed by atoms with Crippen molar-refractivity contribution < 1.29 is 4.84 Å². The largest absolute Gasteiger partial charge is 0.399 e. The van der Waals surface area contributed by atoms with Crippen molar-refractivity contribution in [3.05, 3.63) is 64.1 Å². The molecule has 0 bridgehead atoms. The highest BCUT2D eigenvalue weighted by Crippen LogP contribution is 2.23. The van der Waals surface area contributed by atoms with Gasteiger partial charge in [0.25, 0.3) is 0 Å². The molecular formula is C15H13Cl2NOS. The molecule has 2 aromatic carbocycles. The average Bonchev–Trinajstić information content (AvgIpc) is 2.44. The molecule has 2 aromatic rings. The first kappa shape index (κ1) is 15.2. The highest BCUT2D eigenvalue weighted by atomic mass is 35.5. The van der Waals surface area contributed by atoms with Crippen LogP contribution in [0.2, 0.25) is 10.0 Å². The standard InChI is InChI=1S/C15H13Cl2NOS/c1-19-18-15(11-5-7-12(16)8-6-11)10-20-14-4-2-3-13(17)9-14/h2-9H,10H2,1H3. The van der Waals surface area contributed by atoms with Crippen LogP contribution in [0.25, 0.3) is 0 Å². The van der Waals surface area contributed by atoms with Crippen LogP contribution in [0.15, 0.2) is 58.6 Å². The fourth-order valence-corrected chi connectivity index (χ4v) is 2.91. The van der Waals surface area contributed by atoms with E-state index < -0.39 is 0 Å². The normalized spacial score (nSPS) is 11.4. The third-order valence-corrected chi connectivity index (χ3v) is 4.04. The number of thioether (sulfide) groups is 1. The highest BCUT2D eigenvalue weighted by Gasteiger charge is 2.06. The van der Waals surface area contributed by atoms with Gasteiger partial charge in [0, 0.05) is 26.3 Å². The van der Waals surface area contributed by atoms with Crippen molar-refractivity contribution >= 4 is 40.7 Å². The Kier molecular flexibility index (Phi) is 5.77. The van der Waals surface area contributed by atoms with E-state index in [4.69, 9.17) is 28.0 Å². The number of rotatable bonds is 5. The lowest BCUT2D eigenvalue weighted by Gasteiger charge is -2.06. The molecule has 0 aliphatic carbocycles. The highest BCUT2D eigenvalue weighted by molar-refractivity contribution is 8.00. The van der Waals surface area contributed by atoms with E-state index >= 15 is 0 Å². The quantitative estimate of drug-likeness (QED) is 0.431. The van der Waals surface area contributed by atoms with Crippen molar-refractivity contribution in [1.82, 2.24) is 0 Å². The summed E-state index contributed by atoms with van der Waals surface area (Å²) in [4.78, 5) is 6.01. The Morgan fingerprint density at radius 3 is 2.50 bits per heavy atom. The van der Waals surface area contributed by atoms with E-state index in [2.05, 4.69) is 5.16 Å². The third kappa shape index (κ3) is 4.44. The van der Waals surface area contributed by atoms with E-state index in [0.717, 1.165) is 21.2 Å². The Morgan fingerprint density at radius 2 is 1.85 bits per heavy atom. The van der Waals surface area contributed by atoms with Gasteiger partial charge in [0.2, 0.25) is 0 Å². The molecular weight excluding hydrogens is 313 g/mol. The van der Waals surface area contributed by atoms with Crippen molar-refractivity contribution in [2.75, 3.05) is 12.9 Å². The summed E-state index contributed by atoms with van der Waals surface area (Å²) in [5.74, 6) is 0.690. The molecule has 5 heteroatoms. The molecule has 0 saturated carbocycles. The number of benzene rings is 2. The topological polar surface area (TPSA) is 21.6 Å². The maximum absolute atomic E-state index is 5.97. The lowest BCUT2D eigenvalue weighted by atomic mass is 10.1. The monoisotopic (exact) mass is 325 g/mol. The van der Waals surface area contributed by atoms with Crippen LogP contribution < -0.4 is 0 Å². The maximum atomic E-state index is 5.97. The molecule has 0 N–H and O–H groups in total. The van der Waals surface area contributed by atoms with Gasteiger partial charge in [-0.15, -0.1) is 11.8 Å². The molecule has 0 aromatic heterocycles. The second-order valence-electron chi connectivity index (χ2n) is 3.97. The van der Waals surface area contributed by atoms with Crippen molar-refractivity contribution in [3.8, 4) is 0 Å². The summed E-state index contributed by atoms with van der Waals surface area (Å²) >= 11 is 13.5. The van der Waals surface area contributed by atoms with Crippen molar-refractivity contribution in [2.45, 2.75) is 4.90 Å². The SMILES string of the molecule is CON=C(CSc1cccc(Cl)c1)c1ccc(Cl)cc1. The van der Waals surface area contributed by atoms with Gasteiger partial charge in [-0.3, -0.25) is 0 Å². The second-order valence-corrected chi connectivity index (χ2v) is 5.90. The van der Waals surface area contributed by atoms with Crippen LogP contribution in [0.4, 0.5) is 0 Å².